The summed E-state index contributed by atoms with van der Waals surface area (Å²) in [6.07, 6.45) is 0. The lowest BCUT2D eigenvalue weighted by molar-refractivity contribution is 0.172. The Bertz CT molecular complexity index is 1100. The summed E-state index contributed by atoms with van der Waals surface area (Å²) in [6, 6.07) is 11.2. The number of aryl methyl sites for hydroxylation is 1. The number of hydrogen-bond acceptors (Lipinski definition) is 5. The summed E-state index contributed by atoms with van der Waals surface area (Å²) in [5, 5.41) is 0. The molecule has 1 N–H and O–H groups in total. The molecule has 0 fully saturated rings. The van der Waals surface area contributed by atoms with Crippen LogP contribution in [0.25, 0.3) is 11.0 Å². The van der Waals surface area contributed by atoms with Gasteiger partial charge in [-0.2, -0.15) is 8.42 Å². The molecule has 1 aliphatic heterocycles. The summed E-state index contributed by atoms with van der Waals surface area (Å²) >= 11 is 0. The van der Waals surface area contributed by atoms with Gasteiger partial charge in [0, 0.05) is 0 Å². The highest BCUT2D eigenvalue weighted by atomic mass is 32.2. The van der Waals surface area contributed by atoms with Crippen LogP contribution in [0.2, 0.25) is 0 Å². The van der Waals surface area contributed by atoms with Crippen LogP contribution in [0.1, 0.15) is 11.6 Å². The third kappa shape index (κ3) is 2.73. The van der Waals surface area contributed by atoms with E-state index in [2.05, 4.69) is 4.98 Å². The molecule has 2 heterocycles. The number of hydrogen-bond donors (Lipinski definition) is 1. The molecule has 130 valence electrons. The highest BCUT2D eigenvalue weighted by Crippen LogP contribution is 2.30. The van der Waals surface area contributed by atoms with Crippen molar-refractivity contribution in [3.05, 3.63) is 58.5 Å². The van der Waals surface area contributed by atoms with E-state index in [1.54, 1.807) is 30.3 Å². The van der Waals surface area contributed by atoms with Crippen LogP contribution < -0.4 is 10.4 Å². The highest BCUT2D eigenvalue weighted by Gasteiger charge is 2.27. The third-order valence-electron chi connectivity index (χ3n) is 4.22. The number of rotatable bonds is 4. The SMILES string of the molecule is Cc1ccc(S(=O)(=O)OCC2COc3cccc4[nH]c(=O)n2c34)cc1. The summed E-state index contributed by atoms with van der Waals surface area (Å²) < 4.78 is 37.0. The van der Waals surface area contributed by atoms with Crippen molar-refractivity contribution in [1.29, 1.82) is 0 Å². The molecule has 1 aliphatic rings. The molecule has 0 spiro atoms. The predicted molar refractivity (Wildman–Crippen MR) is 91.4 cm³/mol. The van der Waals surface area contributed by atoms with Crippen molar-refractivity contribution < 1.29 is 17.3 Å². The maximum Gasteiger partial charge on any atom is 0.327 e. The van der Waals surface area contributed by atoms with E-state index in [4.69, 9.17) is 8.92 Å². The number of aromatic nitrogens is 2. The van der Waals surface area contributed by atoms with E-state index in [0.29, 0.717) is 16.8 Å². The van der Waals surface area contributed by atoms with Crippen LogP contribution in [-0.2, 0) is 14.3 Å². The number of nitrogens with zero attached hydrogens (tertiary/aromatic N) is 1. The fourth-order valence-electron chi connectivity index (χ4n) is 2.94. The minimum atomic E-state index is -3.90. The number of aromatic amines is 1. The zero-order valence-electron chi connectivity index (χ0n) is 13.4. The van der Waals surface area contributed by atoms with Crippen molar-refractivity contribution in [3.8, 4) is 5.75 Å². The van der Waals surface area contributed by atoms with Crippen molar-refractivity contribution in [1.82, 2.24) is 9.55 Å². The third-order valence-corrected chi connectivity index (χ3v) is 5.52. The second-order valence-electron chi connectivity index (χ2n) is 5.97. The lowest BCUT2D eigenvalue weighted by atomic mass is 10.2. The van der Waals surface area contributed by atoms with Crippen LogP contribution in [-0.4, -0.2) is 31.2 Å². The minimum Gasteiger partial charge on any atom is -0.489 e. The molecule has 0 bridgehead atoms. The Balaban J connectivity index is 1.62. The van der Waals surface area contributed by atoms with Crippen LogP contribution in [0.4, 0.5) is 0 Å². The van der Waals surface area contributed by atoms with E-state index in [1.165, 1.54) is 16.7 Å². The van der Waals surface area contributed by atoms with Gasteiger partial charge in [0.1, 0.15) is 17.9 Å². The maximum absolute atomic E-state index is 12.3. The summed E-state index contributed by atoms with van der Waals surface area (Å²) in [6.45, 7) is 1.85. The molecule has 0 aliphatic carbocycles. The van der Waals surface area contributed by atoms with Gasteiger partial charge in [-0.15, -0.1) is 0 Å². The van der Waals surface area contributed by atoms with E-state index >= 15 is 0 Å². The standard InChI is InChI=1S/C17H16N2O5S/c1-11-5-7-13(8-6-11)25(21,22)24-10-12-9-23-15-4-2-3-14-16(15)19(12)17(20)18-14/h2-8,12H,9-10H2,1H3,(H,18,20). The van der Waals surface area contributed by atoms with Gasteiger partial charge in [0.25, 0.3) is 10.1 Å². The molecule has 0 amide bonds. The highest BCUT2D eigenvalue weighted by molar-refractivity contribution is 7.86. The fraction of sp³-hybridized carbons (Fsp3) is 0.235. The van der Waals surface area contributed by atoms with Gasteiger partial charge in [-0.1, -0.05) is 23.8 Å². The zero-order chi connectivity index (χ0) is 17.6. The quantitative estimate of drug-likeness (QED) is 0.719. The minimum absolute atomic E-state index is 0.0850. The molecule has 0 saturated carbocycles. The number of nitrogens with one attached hydrogen (secondary N) is 1. The molecular formula is C17H16N2O5S. The Hall–Kier alpha value is -2.58. The molecule has 1 aromatic heterocycles. The second-order valence-corrected chi connectivity index (χ2v) is 7.58. The Labute approximate surface area is 143 Å². The van der Waals surface area contributed by atoms with Gasteiger partial charge in [0.05, 0.1) is 23.1 Å². The zero-order valence-corrected chi connectivity index (χ0v) is 14.2. The van der Waals surface area contributed by atoms with E-state index in [9.17, 15) is 13.2 Å². The molecule has 2 aromatic carbocycles. The van der Waals surface area contributed by atoms with Crippen LogP contribution >= 0.6 is 0 Å². The van der Waals surface area contributed by atoms with Crippen molar-refractivity contribution in [2.75, 3.05) is 13.2 Å². The van der Waals surface area contributed by atoms with Gasteiger partial charge in [-0.05, 0) is 31.2 Å². The van der Waals surface area contributed by atoms with E-state index in [0.717, 1.165) is 5.56 Å². The first-order valence-electron chi connectivity index (χ1n) is 7.78. The first kappa shape index (κ1) is 15.9. The van der Waals surface area contributed by atoms with Gasteiger partial charge in [-0.3, -0.25) is 8.75 Å². The molecule has 8 heteroatoms. The molecule has 1 unspecified atom stereocenters. The van der Waals surface area contributed by atoms with E-state index in [1.807, 2.05) is 6.92 Å². The predicted octanol–water partition coefficient (Wildman–Crippen LogP) is 1.98. The van der Waals surface area contributed by atoms with Gasteiger partial charge in [-0.25, -0.2) is 4.79 Å². The number of ether oxygens (including phenoxy) is 1. The summed E-state index contributed by atoms with van der Waals surface area (Å²) in [5.74, 6) is 0.591. The fourth-order valence-corrected chi connectivity index (χ4v) is 3.88. The normalized spacial score (nSPS) is 16.8. The molecule has 3 aromatic rings. The summed E-state index contributed by atoms with van der Waals surface area (Å²) in [7, 11) is -3.90. The first-order chi connectivity index (χ1) is 12.0. The van der Waals surface area contributed by atoms with Crippen LogP contribution in [0.3, 0.4) is 0 Å². The van der Waals surface area contributed by atoms with E-state index in [-0.39, 0.29) is 23.8 Å². The van der Waals surface area contributed by atoms with Gasteiger partial charge in [0.15, 0.2) is 0 Å². The van der Waals surface area contributed by atoms with Gasteiger partial charge < -0.3 is 9.72 Å². The van der Waals surface area contributed by atoms with Crippen molar-refractivity contribution in [3.63, 3.8) is 0 Å². The lowest BCUT2D eigenvalue weighted by Crippen LogP contribution is -2.33. The van der Waals surface area contributed by atoms with Gasteiger partial charge >= 0.3 is 5.69 Å². The molecular weight excluding hydrogens is 344 g/mol. The topological polar surface area (TPSA) is 90.4 Å². The Morgan fingerprint density at radius 2 is 2.00 bits per heavy atom. The monoisotopic (exact) mass is 360 g/mol. The Morgan fingerprint density at radius 1 is 1.24 bits per heavy atom. The second kappa shape index (κ2) is 5.75. The van der Waals surface area contributed by atoms with E-state index < -0.39 is 16.2 Å². The van der Waals surface area contributed by atoms with Gasteiger partial charge in [0.2, 0.25) is 0 Å². The molecule has 4 rings (SSSR count). The lowest BCUT2D eigenvalue weighted by Gasteiger charge is -2.24. The number of imidazole rings is 1. The number of H-pyrrole nitrogens is 1. The smallest absolute Gasteiger partial charge is 0.327 e. The first-order valence-corrected chi connectivity index (χ1v) is 9.19. The van der Waals surface area contributed by atoms with Crippen LogP contribution in [0.5, 0.6) is 5.75 Å². The average molecular weight is 360 g/mol. The number of para-hydroxylation sites is 1. The Kier molecular flexibility index (Phi) is 3.66. The molecule has 0 radical (unpaired) electrons. The molecule has 7 nitrogen and oxygen atoms in total. The summed E-state index contributed by atoms with van der Waals surface area (Å²) in [5.41, 5.74) is 1.92. The number of benzene rings is 2. The van der Waals surface area contributed by atoms with Crippen LogP contribution in [0, 0.1) is 6.92 Å². The Morgan fingerprint density at radius 3 is 2.76 bits per heavy atom. The molecule has 25 heavy (non-hydrogen) atoms. The summed E-state index contributed by atoms with van der Waals surface area (Å²) in [4.78, 5) is 15.1. The molecule has 1 atom stereocenters. The average Bonchev–Trinajstić information content (AvgIpc) is 2.93. The van der Waals surface area contributed by atoms with Crippen molar-refractivity contribution in [2.45, 2.75) is 17.9 Å². The molecule has 0 saturated heterocycles. The maximum atomic E-state index is 12.3. The van der Waals surface area contributed by atoms with Crippen LogP contribution in [0.15, 0.2) is 52.2 Å². The van der Waals surface area contributed by atoms with Crippen molar-refractivity contribution in [2.24, 2.45) is 0 Å². The largest absolute Gasteiger partial charge is 0.489 e. The van der Waals surface area contributed by atoms with Crippen molar-refractivity contribution >= 4 is 21.2 Å².